The van der Waals surface area contributed by atoms with Crippen molar-refractivity contribution in [3.8, 4) is 0 Å². The van der Waals surface area contributed by atoms with Crippen molar-refractivity contribution in [2.24, 2.45) is 5.92 Å². The van der Waals surface area contributed by atoms with Crippen molar-refractivity contribution in [1.82, 2.24) is 5.32 Å². The molecule has 1 atom stereocenters. The smallest absolute Gasteiger partial charge is 0.328 e. The van der Waals surface area contributed by atoms with E-state index in [9.17, 15) is 9.59 Å². The molecule has 0 aliphatic rings. The third-order valence-corrected chi connectivity index (χ3v) is 2.04. The third kappa shape index (κ3) is 14.0. The van der Waals surface area contributed by atoms with Gasteiger partial charge in [-0.2, -0.15) is 6.42 Å². The molecular formula is C13H25NO3Y-2. The number of carbonyl (C=O) groups is 2. The van der Waals surface area contributed by atoms with Crippen LogP contribution >= 0.6 is 0 Å². The molecular weight excluding hydrogens is 307 g/mol. The molecule has 0 bridgehead atoms. The number of hydrogen-bond donors (Lipinski definition) is 1. The molecule has 4 nitrogen and oxygen atoms in total. The van der Waals surface area contributed by atoms with E-state index < -0.39 is 17.9 Å². The molecule has 0 spiro atoms. The Balaban J connectivity index is -0.000000321. The first-order valence-electron chi connectivity index (χ1n) is 5.90. The van der Waals surface area contributed by atoms with E-state index in [1.807, 2.05) is 13.8 Å². The second-order valence-corrected chi connectivity index (χ2v) is 4.02. The fourth-order valence-corrected chi connectivity index (χ4v) is 1.05. The molecule has 5 heteroatoms. The van der Waals surface area contributed by atoms with Gasteiger partial charge in [0.15, 0.2) is 0 Å². The van der Waals surface area contributed by atoms with Crippen molar-refractivity contribution in [2.45, 2.75) is 46.1 Å². The zero-order valence-corrected chi connectivity index (χ0v) is 14.8. The van der Waals surface area contributed by atoms with Gasteiger partial charge < -0.3 is 28.7 Å². The molecule has 18 heavy (non-hydrogen) atoms. The van der Waals surface area contributed by atoms with Crippen molar-refractivity contribution in [3.63, 3.8) is 0 Å². The first-order valence-corrected chi connectivity index (χ1v) is 5.90. The molecule has 0 aliphatic heterocycles. The Morgan fingerprint density at radius 2 is 1.83 bits per heavy atom. The zero-order chi connectivity index (χ0) is 13.8. The fourth-order valence-electron chi connectivity index (χ4n) is 1.05. The van der Waals surface area contributed by atoms with Gasteiger partial charge in [0, 0.05) is 32.7 Å². The Labute approximate surface area is 136 Å². The number of ether oxygens (including phenoxy) is 1. The maximum Gasteiger partial charge on any atom is 0.328 e. The summed E-state index contributed by atoms with van der Waals surface area (Å²) in [6, 6.07) is -0.597. The molecule has 0 aromatic carbocycles. The molecule has 0 aromatic rings. The first-order chi connectivity index (χ1) is 7.90. The van der Waals surface area contributed by atoms with Crippen LogP contribution in [0.5, 0.6) is 0 Å². The normalized spacial score (nSPS) is 10.6. The van der Waals surface area contributed by atoms with Crippen LogP contribution in [0.15, 0.2) is 0 Å². The summed E-state index contributed by atoms with van der Waals surface area (Å²) < 4.78 is 4.49. The van der Waals surface area contributed by atoms with E-state index >= 15 is 0 Å². The summed E-state index contributed by atoms with van der Waals surface area (Å²) >= 11 is 0. The Bertz CT molecular complexity index is 218. The molecule has 1 radical (unpaired) electrons. The SMILES string of the molecule is [CH2-]C(=O)NC(C(=O)OC)C(C)C.[CH2-]CCCC.[Y]. The number of hydrogen-bond acceptors (Lipinski definition) is 3. The van der Waals surface area contributed by atoms with Gasteiger partial charge in [-0.25, -0.2) is 4.79 Å². The van der Waals surface area contributed by atoms with Gasteiger partial charge in [-0.15, -0.1) is 0 Å². The molecule has 0 heterocycles. The summed E-state index contributed by atoms with van der Waals surface area (Å²) in [6.45, 7) is 12.6. The fraction of sp³-hybridized carbons (Fsp3) is 0.692. The summed E-state index contributed by atoms with van der Waals surface area (Å²) in [5.74, 6) is -0.913. The average Bonchev–Trinajstić information content (AvgIpc) is 2.26. The van der Waals surface area contributed by atoms with E-state index in [0.29, 0.717) is 0 Å². The first kappa shape index (κ1) is 23.0. The minimum atomic E-state index is -0.597. The number of amides is 1. The van der Waals surface area contributed by atoms with E-state index in [1.54, 1.807) is 0 Å². The van der Waals surface area contributed by atoms with Crippen LogP contribution in [0.3, 0.4) is 0 Å². The number of methoxy groups -OCH3 is 1. The average molecular weight is 332 g/mol. The summed E-state index contributed by atoms with van der Waals surface area (Å²) in [5, 5.41) is 2.41. The van der Waals surface area contributed by atoms with Gasteiger partial charge in [0.2, 0.25) is 0 Å². The molecule has 1 N–H and O–H groups in total. The van der Waals surface area contributed by atoms with E-state index in [-0.39, 0.29) is 38.6 Å². The van der Waals surface area contributed by atoms with Crippen molar-refractivity contribution in [2.75, 3.05) is 7.11 Å². The summed E-state index contributed by atoms with van der Waals surface area (Å²) in [5.41, 5.74) is 0. The molecule has 105 valence electrons. The number of rotatable bonds is 5. The summed E-state index contributed by atoms with van der Waals surface area (Å²) in [7, 11) is 1.28. The maximum absolute atomic E-state index is 11.0. The van der Waals surface area contributed by atoms with Gasteiger partial charge in [0.1, 0.15) is 6.04 Å². The Kier molecular flexibility index (Phi) is 19.2. The predicted molar refractivity (Wildman–Crippen MR) is 69.0 cm³/mol. The van der Waals surface area contributed by atoms with E-state index in [2.05, 4.69) is 30.8 Å². The van der Waals surface area contributed by atoms with Gasteiger partial charge in [-0.05, 0) is 5.92 Å². The van der Waals surface area contributed by atoms with Gasteiger partial charge in [-0.1, -0.05) is 33.6 Å². The van der Waals surface area contributed by atoms with Crippen molar-refractivity contribution >= 4 is 11.9 Å². The summed E-state index contributed by atoms with van der Waals surface area (Å²) in [6.07, 6.45) is 3.65. The van der Waals surface area contributed by atoms with Crippen LogP contribution in [0.2, 0.25) is 0 Å². The molecule has 0 aromatic heterocycles. The quantitative estimate of drug-likeness (QED) is 0.620. The van der Waals surface area contributed by atoms with Crippen LogP contribution < -0.4 is 5.32 Å². The van der Waals surface area contributed by atoms with Crippen LogP contribution in [0.25, 0.3) is 0 Å². The summed E-state index contributed by atoms with van der Waals surface area (Å²) in [4.78, 5) is 21.6. The van der Waals surface area contributed by atoms with E-state index in [4.69, 9.17) is 0 Å². The molecule has 0 aliphatic carbocycles. The van der Waals surface area contributed by atoms with Crippen LogP contribution in [0, 0.1) is 19.8 Å². The van der Waals surface area contributed by atoms with E-state index in [0.717, 1.165) is 6.42 Å². The standard InChI is InChI=1S/C8H14NO3.C5H11.Y/c1-5(2)7(8(11)12-4)9-6(3)10;1-3-5-4-2;/h5,7H,3H2,1-2,4H3,(H,9,10);1,3-5H2,2H3;/q2*-1;. The number of unbranched alkanes of at least 4 members (excludes halogenated alkanes) is 2. The molecule has 1 amide bonds. The van der Waals surface area contributed by atoms with Crippen molar-refractivity contribution in [3.05, 3.63) is 13.8 Å². The number of esters is 1. The van der Waals surface area contributed by atoms with Crippen LogP contribution in [-0.4, -0.2) is 25.0 Å². The molecule has 0 rings (SSSR count). The van der Waals surface area contributed by atoms with Crippen molar-refractivity contribution < 1.29 is 47.0 Å². The van der Waals surface area contributed by atoms with Gasteiger partial charge >= 0.3 is 5.97 Å². The van der Waals surface area contributed by atoms with Gasteiger partial charge in [0.05, 0.1) is 13.0 Å². The molecule has 0 saturated carbocycles. The monoisotopic (exact) mass is 332 g/mol. The minimum absolute atomic E-state index is 0. The Morgan fingerprint density at radius 3 is 2.00 bits per heavy atom. The zero-order valence-electron chi connectivity index (χ0n) is 12.0. The largest absolute Gasteiger partial charge is 0.467 e. The second kappa shape index (κ2) is 15.0. The van der Waals surface area contributed by atoms with Crippen LogP contribution in [0.4, 0.5) is 0 Å². The van der Waals surface area contributed by atoms with Crippen molar-refractivity contribution in [1.29, 1.82) is 0 Å². The predicted octanol–water partition coefficient (Wildman–Crippen LogP) is 2.14. The Morgan fingerprint density at radius 1 is 1.33 bits per heavy atom. The Hall–Kier alpha value is -0.0861. The third-order valence-electron chi connectivity index (χ3n) is 2.04. The number of nitrogens with one attached hydrogen (secondary N) is 1. The minimum Gasteiger partial charge on any atom is -0.467 e. The van der Waals surface area contributed by atoms with Crippen LogP contribution in [-0.2, 0) is 47.0 Å². The topological polar surface area (TPSA) is 55.4 Å². The molecule has 0 saturated heterocycles. The van der Waals surface area contributed by atoms with Gasteiger partial charge in [0.25, 0.3) is 0 Å². The number of carbonyl (C=O) groups excluding carboxylic acids is 2. The van der Waals surface area contributed by atoms with Crippen LogP contribution in [0.1, 0.15) is 40.0 Å². The van der Waals surface area contributed by atoms with Gasteiger partial charge in [-0.3, -0.25) is 0 Å². The molecule has 0 fully saturated rings. The second-order valence-electron chi connectivity index (χ2n) is 4.02. The molecule has 1 unspecified atom stereocenters. The maximum atomic E-state index is 11.0. The van der Waals surface area contributed by atoms with E-state index in [1.165, 1.54) is 20.0 Å².